The molecule has 0 aliphatic rings. The Morgan fingerprint density at radius 3 is 2.79 bits per heavy atom. The maximum atomic E-state index is 12.5. The summed E-state index contributed by atoms with van der Waals surface area (Å²) in [4.78, 5) is 1.32. The zero-order valence-corrected chi connectivity index (χ0v) is 15.2. The van der Waals surface area contributed by atoms with Crippen LogP contribution in [0, 0.1) is 0 Å². The number of nitrogens with one attached hydrogen (secondary N) is 1. The fraction of sp³-hybridized carbons (Fsp3) is 0.333. The second kappa shape index (κ2) is 7.66. The van der Waals surface area contributed by atoms with Gasteiger partial charge in [-0.1, -0.05) is 12.1 Å². The molecule has 0 aliphatic heterocycles. The van der Waals surface area contributed by atoms with E-state index in [1.807, 2.05) is 17.5 Å². The largest absolute Gasteiger partial charge is 0.396 e. The maximum absolute atomic E-state index is 12.5. The Kier molecular flexibility index (Phi) is 5.57. The van der Waals surface area contributed by atoms with Gasteiger partial charge in [0.15, 0.2) is 0 Å². The fourth-order valence-electron chi connectivity index (χ4n) is 2.55. The molecule has 0 aliphatic carbocycles. The van der Waals surface area contributed by atoms with Crippen LogP contribution in [0.5, 0.6) is 0 Å². The number of aliphatic hydroxyl groups is 1. The highest BCUT2D eigenvalue weighted by Gasteiger charge is 2.20. The van der Waals surface area contributed by atoms with Gasteiger partial charge in [0, 0.05) is 18.0 Å². The molecule has 9 heteroatoms. The average molecular weight is 384 g/mol. The maximum Gasteiger partial charge on any atom is 0.242 e. The van der Waals surface area contributed by atoms with Gasteiger partial charge in [0.05, 0.1) is 11.7 Å². The minimum absolute atomic E-state index is 0.0825. The number of fused-ring (bicyclic) bond motifs is 1. The van der Waals surface area contributed by atoms with Crippen molar-refractivity contribution in [3.05, 3.63) is 40.6 Å². The lowest BCUT2D eigenvalue weighted by atomic mass is 10.0. The summed E-state index contributed by atoms with van der Waals surface area (Å²) in [6.07, 6.45) is 1.25. The third kappa shape index (κ3) is 3.81. The molecule has 1 atom stereocenters. The topological polar surface area (TPSA) is 92.2 Å². The van der Waals surface area contributed by atoms with E-state index in [1.165, 1.54) is 6.07 Å². The molecule has 24 heavy (non-hydrogen) atoms. The lowest BCUT2D eigenvalue weighted by molar-refractivity contribution is 0.273. The number of hydrogen-bond donors (Lipinski definition) is 2. The van der Waals surface area contributed by atoms with Gasteiger partial charge in [0.1, 0.15) is 15.9 Å². The molecular weight excluding hydrogens is 366 g/mol. The first-order valence-corrected chi connectivity index (χ1v) is 10.6. The van der Waals surface area contributed by atoms with Gasteiger partial charge in [-0.2, -0.15) is 8.75 Å². The molecule has 6 nitrogen and oxygen atoms in total. The number of benzene rings is 1. The van der Waals surface area contributed by atoms with Gasteiger partial charge in [-0.05, 0) is 42.3 Å². The zero-order valence-electron chi connectivity index (χ0n) is 12.8. The predicted molar refractivity (Wildman–Crippen MR) is 96.0 cm³/mol. The molecule has 0 radical (unpaired) electrons. The summed E-state index contributed by atoms with van der Waals surface area (Å²) >= 11 is 2.62. The third-order valence-electron chi connectivity index (χ3n) is 3.75. The molecule has 2 heterocycles. The van der Waals surface area contributed by atoms with Crippen molar-refractivity contribution in [3.8, 4) is 0 Å². The van der Waals surface area contributed by atoms with Crippen molar-refractivity contribution in [1.29, 1.82) is 0 Å². The smallest absolute Gasteiger partial charge is 0.242 e. The van der Waals surface area contributed by atoms with Crippen molar-refractivity contribution < 1.29 is 13.5 Å². The molecule has 2 N–H and O–H groups in total. The second-order valence-corrected chi connectivity index (χ2v) is 8.54. The van der Waals surface area contributed by atoms with Crippen molar-refractivity contribution in [3.63, 3.8) is 0 Å². The molecule has 3 rings (SSSR count). The second-order valence-electron chi connectivity index (χ2n) is 5.30. The first-order valence-electron chi connectivity index (χ1n) is 7.47. The Morgan fingerprint density at radius 2 is 2.04 bits per heavy atom. The van der Waals surface area contributed by atoms with Crippen molar-refractivity contribution in [2.24, 2.45) is 0 Å². The van der Waals surface area contributed by atoms with Gasteiger partial charge < -0.3 is 5.11 Å². The van der Waals surface area contributed by atoms with Gasteiger partial charge in [-0.3, -0.25) is 0 Å². The van der Waals surface area contributed by atoms with Crippen molar-refractivity contribution in [2.75, 3.05) is 13.2 Å². The van der Waals surface area contributed by atoms with Crippen LogP contribution in [0.4, 0.5) is 0 Å². The van der Waals surface area contributed by atoms with Gasteiger partial charge in [-0.15, -0.1) is 11.3 Å². The van der Waals surface area contributed by atoms with Crippen LogP contribution in [0.1, 0.15) is 23.6 Å². The van der Waals surface area contributed by atoms with Crippen LogP contribution in [0.3, 0.4) is 0 Å². The molecule has 0 fully saturated rings. The Balaban J connectivity index is 1.70. The first-order chi connectivity index (χ1) is 11.6. The molecular formula is C15H17N3O3S3. The van der Waals surface area contributed by atoms with E-state index in [9.17, 15) is 13.5 Å². The van der Waals surface area contributed by atoms with E-state index < -0.39 is 10.0 Å². The highest BCUT2D eigenvalue weighted by molar-refractivity contribution is 7.89. The highest BCUT2D eigenvalue weighted by atomic mass is 32.2. The van der Waals surface area contributed by atoms with Gasteiger partial charge >= 0.3 is 0 Å². The summed E-state index contributed by atoms with van der Waals surface area (Å²) in [5, 5.41) is 11.2. The highest BCUT2D eigenvalue weighted by Crippen LogP contribution is 2.27. The minimum Gasteiger partial charge on any atom is -0.396 e. The quantitative estimate of drug-likeness (QED) is 0.624. The van der Waals surface area contributed by atoms with E-state index in [0.717, 1.165) is 16.6 Å². The number of thiophene rings is 1. The zero-order chi connectivity index (χ0) is 17.0. The fourth-order valence-corrected chi connectivity index (χ4v) is 5.26. The van der Waals surface area contributed by atoms with Crippen LogP contribution in [0.15, 0.2) is 40.6 Å². The summed E-state index contributed by atoms with van der Waals surface area (Å²) < 4.78 is 35.9. The number of rotatable bonds is 8. The van der Waals surface area contributed by atoms with Crippen LogP contribution in [0.2, 0.25) is 0 Å². The molecule has 0 amide bonds. The SMILES string of the molecule is O=S(=O)(NCCC(CCO)c1cccs1)c1cccc2nsnc12. The lowest BCUT2D eigenvalue weighted by Crippen LogP contribution is -2.26. The molecule has 0 saturated heterocycles. The van der Waals surface area contributed by atoms with E-state index in [1.54, 1.807) is 23.5 Å². The summed E-state index contributed by atoms with van der Waals surface area (Å²) in [6.45, 7) is 0.387. The summed E-state index contributed by atoms with van der Waals surface area (Å²) in [5.74, 6) is 0.148. The Labute approximate surface area is 148 Å². The number of aliphatic hydroxyl groups excluding tert-OH is 1. The average Bonchev–Trinajstić information content (AvgIpc) is 3.24. The first kappa shape index (κ1) is 17.4. The standard InChI is InChI=1S/C15H17N3O3S3/c19-9-7-11(13-4-2-10-22-13)6-8-16-24(20,21)14-5-1-3-12-15(14)18-23-17-12/h1-5,10-11,16,19H,6-9H2. The lowest BCUT2D eigenvalue weighted by Gasteiger charge is -2.14. The molecule has 2 aromatic heterocycles. The Hall–Kier alpha value is -1.39. The monoisotopic (exact) mass is 383 g/mol. The number of hydrogen-bond acceptors (Lipinski definition) is 7. The third-order valence-corrected chi connectivity index (χ3v) is 6.82. The normalized spacial score (nSPS) is 13.4. The van der Waals surface area contributed by atoms with E-state index in [2.05, 4.69) is 13.5 Å². The molecule has 1 aromatic carbocycles. The van der Waals surface area contributed by atoms with Gasteiger partial charge in [0.2, 0.25) is 10.0 Å². The molecule has 0 bridgehead atoms. The van der Waals surface area contributed by atoms with E-state index >= 15 is 0 Å². The summed E-state index contributed by atoms with van der Waals surface area (Å²) in [7, 11) is -3.64. The van der Waals surface area contributed by atoms with Crippen molar-refractivity contribution >= 4 is 44.1 Å². The predicted octanol–water partition coefficient (Wildman–Crippen LogP) is 2.59. The van der Waals surface area contributed by atoms with Crippen LogP contribution in [-0.2, 0) is 10.0 Å². The molecule has 0 saturated carbocycles. The van der Waals surface area contributed by atoms with E-state index in [-0.39, 0.29) is 17.4 Å². The van der Waals surface area contributed by atoms with Crippen LogP contribution >= 0.6 is 23.1 Å². The number of nitrogens with zero attached hydrogens (tertiary/aromatic N) is 2. The van der Waals surface area contributed by atoms with Crippen LogP contribution < -0.4 is 4.72 Å². The Morgan fingerprint density at radius 1 is 1.17 bits per heavy atom. The van der Waals surface area contributed by atoms with Gasteiger partial charge in [0.25, 0.3) is 0 Å². The van der Waals surface area contributed by atoms with Gasteiger partial charge in [-0.25, -0.2) is 13.1 Å². The van der Waals surface area contributed by atoms with E-state index in [0.29, 0.717) is 30.4 Å². The molecule has 0 spiro atoms. The molecule has 128 valence electrons. The number of aromatic nitrogens is 2. The number of sulfonamides is 1. The van der Waals surface area contributed by atoms with Crippen LogP contribution in [-0.4, -0.2) is 35.4 Å². The molecule has 1 unspecified atom stereocenters. The summed E-state index contributed by atoms with van der Waals surface area (Å²) in [6, 6.07) is 8.92. The molecule has 3 aromatic rings. The Bertz CT molecular complexity index is 891. The minimum atomic E-state index is -3.64. The van der Waals surface area contributed by atoms with Crippen molar-refractivity contribution in [1.82, 2.24) is 13.5 Å². The summed E-state index contributed by atoms with van der Waals surface area (Å²) in [5.41, 5.74) is 0.986. The van der Waals surface area contributed by atoms with Crippen molar-refractivity contribution in [2.45, 2.75) is 23.7 Å². The van der Waals surface area contributed by atoms with Crippen LogP contribution in [0.25, 0.3) is 11.0 Å². The van der Waals surface area contributed by atoms with E-state index in [4.69, 9.17) is 0 Å².